The van der Waals surface area contributed by atoms with Crippen molar-refractivity contribution in [1.29, 1.82) is 5.26 Å². The minimum Gasteiger partial charge on any atom is -0.399 e. The molecular formula is C17H16FN7. The number of nitrogens with two attached hydrogens (primary N) is 2. The number of nitriles is 1. The van der Waals surface area contributed by atoms with Gasteiger partial charge in [-0.05, 0) is 24.3 Å². The van der Waals surface area contributed by atoms with Gasteiger partial charge in [-0.2, -0.15) is 15.5 Å². The van der Waals surface area contributed by atoms with Crippen LogP contribution in [0.15, 0.2) is 36.7 Å². The van der Waals surface area contributed by atoms with E-state index >= 15 is 0 Å². The van der Waals surface area contributed by atoms with Crippen molar-refractivity contribution in [3.05, 3.63) is 48.0 Å². The molecule has 2 heterocycles. The van der Waals surface area contributed by atoms with Crippen LogP contribution in [0.2, 0.25) is 0 Å². The summed E-state index contributed by atoms with van der Waals surface area (Å²) in [7, 11) is 3.56. The number of hydrogen-bond donors (Lipinski definition) is 2. The summed E-state index contributed by atoms with van der Waals surface area (Å²) in [5.41, 5.74) is 13.7. The van der Waals surface area contributed by atoms with Gasteiger partial charge in [-0.1, -0.05) is 0 Å². The van der Waals surface area contributed by atoms with Gasteiger partial charge in [-0.15, -0.1) is 0 Å². The highest BCUT2D eigenvalue weighted by atomic mass is 19.1. The fourth-order valence-corrected chi connectivity index (χ4v) is 2.60. The minimum absolute atomic E-state index is 0.367. The number of nitrogens with zero attached hydrogens (tertiary/aromatic N) is 5. The summed E-state index contributed by atoms with van der Waals surface area (Å²) in [6.45, 7) is 0. The zero-order valence-electron chi connectivity index (χ0n) is 13.7. The van der Waals surface area contributed by atoms with E-state index in [0.29, 0.717) is 28.0 Å². The normalized spacial score (nSPS) is 10.5. The van der Waals surface area contributed by atoms with Crippen molar-refractivity contribution in [3.63, 3.8) is 0 Å². The lowest BCUT2D eigenvalue weighted by atomic mass is 10.1. The van der Waals surface area contributed by atoms with E-state index in [0.717, 1.165) is 10.8 Å². The van der Waals surface area contributed by atoms with Gasteiger partial charge < -0.3 is 11.5 Å². The molecule has 0 bridgehead atoms. The predicted molar refractivity (Wildman–Crippen MR) is 94.9 cm³/mol. The van der Waals surface area contributed by atoms with E-state index in [1.54, 1.807) is 34.7 Å². The van der Waals surface area contributed by atoms with E-state index in [1.165, 1.54) is 6.07 Å². The third kappa shape index (κ3) is 3.21. The third-order valence-electron chi connectivity index (χ3n) is 3.56. The Morgan fingerprint density at radius 2 is 1.44 bits per heavy atom. The molecular weight excluding hydrogens is 321 g/mol. The van der Waals surface area contributed by atoms with Gasteiger partial charge in [0.15, 0.2) is 5.82 Å². The molecule has 0 atom stereocenters. The quantitative estimate of drug-likeness (QED) is 0.478. The van der Waals surface area contributed by atoms with Gasteiger partial charge in [0, 0.05) is 48.6 Å². The first-order valence-corrected chi connectivity index (χ1v) is 7.38. The molecule has 0 radical (unpaired) electrons. The second kappa shape index (κ2) is 6.13. The molecule has 126 valence electrons. The first-order valence-electron chi connectivity index (χ1n) is 7.38. The smallest absolute Gasteiger partial charge is 0.153 e. The molecule has 8 heteroatoms. The number of nitrogen functional groups attached to an aromatic ring is 2. The Kier molecular flexibility index (Phi) is 3.99. The van der Waals surface area contributed by atoms with Crippen LogP contribution >= 0.6 is 0 Å². The summed E-state index contributed by atoms with van der Waals surface area (Å²) < 4.78 is 16.3. The SMILES string of the molecule is Cn1cc2cc(N)cc(C#N)c2n1.Cn1cc2cc(N)cc(F)c2n1. The largest absolute Gasteiger partial charge is 0.399 e. The minimum atomic E-state index is -0.370. The molecule has 25 heavy (non-hydrogen) atoms. The van der Waals surface area contributed by atoms with Crippen LogP contribution in [0.25, 0.3) is 21.8 Å². The number of aryl methyl sites for hydroxylation is 2. The van der Waals surface area contributed by atoms with Crippen LogP contribution in [-0.2, 0) is 14.1 Å². The molecule has 0 aliphatic carbocycles. The number of halogens is 1. The Bertz CT molecular complexity index is 1120. The van der Waals surface area contributed by atoms with Gasteiger partial charge in [0.1, 0.15) is 17.1 Å². The lowest BCUT2D eigenvalue weighted by molar-refractivity contribution is 0.633. The van der Waals surface area contributed by atoms with Crippen LogP contribution in [0, 0.1) is 17.1 Å². The van der Waals surface area contributed by atoms with E-state index in [1.807, 2.05) is 19.3 Å². The molecule has 0 amide bonds. The lowest BCUT2D eigenvalue weighted by Crippen LogP contribution is -1.88. The molecule has 0 saturated carbocycles. The average molecular weight is 337 g/mol. The lowest BCUT2D eigenvalue weighted by Gasteiger charge is -1.93. The van der Waals surface area contributed by atoms with Gasteiger partial charge in [0.05, 0.1) is 5.56 Å². The fraction of sp³-hybridized carbons (Fsp3) is 0.118. The van der Waals surface area contributed by atoms with Gasteiger partial charge in [0.2, 0.25) is 0 Å². The second-order valence-corrected chi connectivity index (χ2v) is 5.66. The standard InChI is InChI=1S/C9H8N4.C8H8FN3/c1-13-5-7-3-8(11)2-6(4-10)9(7)12-13;1-12-4-5-2-6(10)3-7(9)8(5)11-12/h2-3,5H,11H2,1H3;2-4H,10H2,1H3. The average Bonchev–Trinajstić information content (AvgIpc) is 3.08. The maximum atomic E-state index is 13.1. The Morgan fingerprint density at radius 3 is 2.04 bits per heavy atom. The van der Waals surface area contributed by atoms with Gasteiger partial charge in [0.25, 0.3) is 0 Å². The molecule has 0 fully saturated rings. The van der Waals surface area contributed by atoms with Crippen molar-refractivity contribution in [2.24, 2.45) is 14.1 Å². The van der Waals surface area contributed by atoms with Gasteiger partial charge >= 0.3 is 0 Å². The number of aromatic nitrogens is 4. The first-order chi connectivity index (χ1) is 11.9. The maximum Gasteiger partial charge on any atom is 0.153 e. The first kappa shape index (κ1) is 16.3. The molecule has 2 aromatic heterocycles. The molecule has 7 nitrogen and oxygen atoms in total. The summed E-state index contributed by atoms with van der Waals surface area (Å²) >= 11 is 0. The van der Waals surface area contributed by atoms with Crippen LogP contribution < -0.4 is 11.5 Å². The second-order valence-electron chi connectivity index (χ2n) is 5.66. The van der Waals surface area contributed by atoms with Crippen LogP contribution in [-0.4, -0.2) is 19.6 Å². The number of fused-ring (bicyclic) bond motifs is 2. The number of benzene rings is 2. The third-order valence-corrected chi connectivity index (χ3v) is 3.56. The van der Waals surface area contributed by atoms with Crippen molar-refractivity contribution in [3.8, 4) is 6.07 Å². The Balaban J connectivity index is 0.000000146. The summed E-state index contributed by atoms with van der Waals surface area (Å²) in [5.74, 6) is -0.370. The van der Waals surface area contributed by atoms with E-state index < -0.39 is 0 Å². The molecule has 2 aromatic carbocycles. The Hall–Kier alpha value is -3.60. The Labute approximate surface area is 142 Å². The zero-order chi connectivity index (χ0) is 18.1. The zero-order valence-corrected chi connectivity index (χ0v) is 13.7. The molecule has 0 aliphatic heterocycles. The topological polar surface area (TPSA) is 111 Å². The van der Waals surface area contributed by atoms with E-state index in [-0.39, 0.29) is 5.82 Å². The van der Waals surface area contributed by atoms with Crippen molar-refractivity contribution in [2.45, 2.75) is 0 Å². The molecule has 4 rings (SSSR count). The molecule has 4 N–H and O–H groups in total. The van der Waals surface area contributed by atoms with Crippen LogP contribution in [0.4, 0.5) is 15.8 Å². The fourth-order valence-electron chi connectivity index (χ4n) is 2.60. The number of rotatable bonds is 0. The summed E-state index contributed by atoms with van der Waals surface area (Å²) in [5, 5.41) is 18.6. The van der Waals surface area contributed by atoms with Crippen molar-refractivity contribution >= 4 is 33.2 Å². The van der Waals surface area contributed by atoms with Crippen LogP contribution in [0.1, 0.15) is 5.56 Å². The molecule has 0 aliphatic rings. The highest BCUT2D eigenvalue weighted by molar-refractivity contribution is 5.87. The molecule has 0 saturated heterocycles. The van der Waals surface area contributed by atoms with E-state index in [2.05, 4.69) is 16.3 Å². The van der Waals surface area contributed by atoms with Crippen LogP contribution in [0.5, 0.6) is 0 Å². The molecule has 4 aromatic rings. The monoisotopic (exact) mass is 337 g/mol. The molecule has 0 unspecified atom stereocenters. The van der Waals surface area contributed by atoms with Crippen molar-refractivity contribution in [2.75, 3.05) is 11.5 Å². The number of anilines is 2. The van der Waals surface area contributed by atoms with Crippen LogP contribution in [0.3, 0.4) is 0 Å². The van der Waals surface area contributed by atoms with Gasteiger partial charge in [-0.3, -0.25) is 9.36 Å². The number of hydrogen-bond acceptors (Lipinski definition) is 5. The maximum absolute atomic E-state index is 13.1. The van der Waals surface area contributed by atoms with Crippen molar-refractivity contribution < 1.29 is 4.39 Å². The highest BCUT2D eigenvalue weighted by Crippen LogP contribution is 2.20. The highest BCUT2D eigenvalue weighted by Gasteiger charge is 2.06. The summed E-state index contributed by atoms with van der Waals surface area (Å²) in [4.78, 5) is 0. The summed E-state index contributed by atoms with van der Waals surface area (Å²) in [6.07, 6.45) is 3.57. The van der Waals surface area contributed by atoms with E-state index in [9.17, 15) is 4.39 Å². The predicted octanol–water partition coefficient (Wildman–Crippen LogP) is 2.32. The van der Waals surface area contributed by atoms with Gasteiger partial charge in [-0.25, -0.2) is 4.39 Å². The summed E-state index contributed by atoms with van der Waals surface area (Å²) in [6, 6.07) is 8.48. The van der Waals surface area contributed by atoms with Crippen molar-refractivity contribution in [1.82, 2.24) is 19.6 Å². The Morgan fingerprint density at radius 1 is 0.920 bits per heavy atom. The molecule has 0 spiro atoms. The van der Waals surface area contributed by atoms with E-state index in [4.69, 9.17) is 16.7 Å².